The first-order valence-electron chi connectivity index (χ1n) is 3.48. The van der Waals surface area contributed by atoms with Crippen LogP contribution in [0.5, 0.6) is 0 Å². The molecule has 0 atom stereocenters. The summed E-state index contributed by atoms with van der Waals surface area (Å²) < 4.78 is 0.928. The Kier molecular flexibility index (Phi) is 3.25. The van der Waals surface area contributed by atoms with Gasteiger partial charge in [-0.25, -0.2) is 0 Å². The summed E-state index contributed by atoms with van der Waals surface area (Å²) >= 11 is 3.29. The molecule has 0 spiro atoms. The Bertz CT molecular complexity index is 288. The maximum absolute atomic E-state index is 10.8. The van der Waals surface area contributed by atoms with Gasteiger partial charge in [0.1, 0.15) is 0 Å². The number of nitrogens with one attached hydrogen (secondary N) is 1. The van der Waals surface area contributed by atoms with E-state index in [0.29, 0.717) is 0 Å². The summed E-state index contributed by atoms with van der Waals surface area (Å²) in [6, 6.07) is 7.35. The molecule has 1 rings (SSSR count). The topological polar surface area (TPSA) is 55.1 Å². The highest BCUT2D eigenvalue weighted by Gasteiger charge is 1.97. The Morgan fingerprint density at radius 3 is 2.92 bits per heavy atom. The summed E-state index contributed by atoms with van der Waals surface area (Å²) in [6.45, 7) is 0.00646. The van der Waals surface area contributed by atoms with Crippen LogP contribution < -0.4 is 11.1 Å². The molecule has 12 heavy (non-hydrogen) atoms. The molecule has 0 heterocycles. The summed E-state index contributed by atoms with van der Waals surface area (Å²) in [6.07, 6.45) is 0. The number of hydrogen-bond donors (Lipinski definition) is 2. The maximum Gasteiger partial charge on any atom is 0.238 e. The summed E-state index contributed by atoms with van der Waals surface area (Å²) in [4.78, 5) is 10.8. The third kappa shape index (κ3) is 2.64. The van der Waals surface area contributed by atoms with Crippen LogP contribution in [0.25, 0.3) is 0 Å². The second-order valence-electron chi connectivity index (χ2n) is 2.26. The first-order chi connectivity index (χ1) is 5.72. The van der Waals surface area contributed by atoms with Crippen molar-refractivity contribution in [3.63, 3.8) is 0 Å². The number of benzene rings is 1. The summed E-state index contributed by atoms with van der Waals surface area (Å²) in [5.74, 6) is -0.187. The zero-order valence-electron chi connectivity index (χ0n) is 6.38. The number of hydrogen-bond acceptors (Lipinski definition) is 2. The van der Waals surface area contributed by atoms with Gasteiger partial charge in [-0.2, -0.15) is 0 Å². The Labute approximate surface area is 79.1 Å². The number of anilines is 1. The van der Waals surface area contributed by atoms with E-state index in [9.17, 15) is 4.79 Å². The van der Waals surface area contributed by atoms with Gasteiger partial charge in [-0.15, -0.1) is 0 Å². The van der Waals surface area contributed by atoms with Crippen molar-refractivity contribution < 1.29 is 4.79 Å². The van der Waals surface area contributed by atoms with Crippen molar-refractivity contribution in [2.24, 2.45) is 5.73 Å². The van der Waals surface area contributed by atoms with E-state index in [4.69, 9.17) is 5.73 Å². The van der Waals surface area contributed by atoms with Gasteiger partial charge >= 0.3 is 0 Å². The van der Waals surface area contributed by atoms with Crippen LogP contribution in [0.4, 0.5) is 5.69 Å². The Balaban J connectivity index is 2.69. The van der Waals surface area contributed by atoms with Crippen molar-refractivity contribution in [1.82, 2.24) is 0 Å². The molecule has 1 amide bonds. The second-order valence-corrected chi connectivity index (χ2v) is 3.18. The van der Waals surface area contributed by atoms with E-state index in [2.05, 4.69) is 21.2 Å². The lowest BCUT2D eigenvalue weighted by Crippen LogP contribution is -2.21. The first-order valence-corrected chi connectivity index (χ1v) is 4.27. The van der Waals surface area contributed by atoms with Gasteiger partial charge in [0.05, 0.1) is 6.54 Å². The number of carbonyl (C=O) groups excluding carboxylic acids is 1. The van der Waals surface area contributed by atoms with E-state index in [1.807, 2.05) is 18.2 Å². The van der Waals surface area contributed by atoms with E-state index >= 15 is 0 Å². The molecule has 0 unspecified atom stereocenters. The predicted molar refractivity (Wildman–Crippen MR) is 51.8 cm³/mol. The van der Waals surface area contributed by atoms with Crippen LogP contribution in [0.3, 0.4) is 0 Å². The highest BCUT2D eigenvalue weighted by Crippen LogP contribution is 2.15. The van der Waals surface area contributed by atoms with Crippen LogP contribution in [0, 0.1) is 0 Å². The van der Waals surface area contributed by atoms with E-state index in [1.165, 1.54) is 0 Å². The van der Waals surface area contributed by atoms with Gasteiger partial charge in [-0.05, 0) is 18.2 Å². The monoisotopic (exact) mass is 228 g/mol. The molecule has 0 aliphatic carbocycles. The number of carbonyl (C=O) groups is 1. The predicted octanol–water partition coefficient (Wildman–Crippen LogP) is 1.35. The molecular formula is C8H9BrN2O. The van der Waals surface area contributed by atoms with Gasteiger partial charge in [0.25, 0.3) is 0 Å². The van der Waals surface area contributed by atoms with Gasteiger partial charge in [-0.1, -0.05) is 22.0 Å². The highest BCUT2D eigenvalue weighted by molar-refractivity contribution is 9.10. The zero-order valence-corrected chi connectivity index (χ0v) is 7.97. The lowest BCUT2D eigenvalue weighted by atomic mass is 10.3. The van der Waals surface area contributed by atoms with Crippen LogP contribution in [-0.2, 0) is 4.79 Å². The molecular weight excluding hydrogens is 220 g/mol. The molecule has 0 bridgehead atoms. The normalized spacial score (nSPS) is 9.50. The molecule has 3 nitrogen and oxygen atoms in total. The second kappa shape index (κ2) is 4.23. The summed E-state index contributed by atoms with van der Waals surface area (Å²) in [5.41, 5.74) is 5.88. The van der Waals surface area contributed by atoms with Crippen molar-refractivity contribution in [3.05, 3.63) is 28.7 Å². The molecule has 1 aromatic carbocycles. The van der Waals surface area contributed by atoms with Crippen LogP contribution in [-0.4, -0.2) is 12.5 Å². The molecule has 0 saturated carbocycles. The van der Waals surface area contributed by atoms with E-state index < -0.39 is 0 Å². The SMILES string of the molecule is NCC(=O)Nc1cccc(Br)c1. The molecule has 4 heteroatoms. The van der Waals surface area contributed by atoms with E-state index in [-0.39, 0.29) is 12.5 Å². The van der Waals surface area contributed by atoms with Crippen LogP contribution in [0.1, 0.15) is 0 Å². The molecule has 0 aliphatic rings. The van der Waals surface area contributed by atoms with E-state index in [1.54, 1.807) is 6.07 Å². The molecule has 0 saturated heterocycles. The number of halogens is 1. The van der Waals surface area contributed by atoms with Crippen molar-refractivity contribution in [3.8, 4) is 0 Å². The van der Waals surface area contributed by atoms with Gasteiger partial charge < -0.3 is 11.1 Å². The number of nitrogens with two attached hydrogens (primary N) is 1. The Hall–Kier alpha value is -0.870. The van der Waals surface area contributed by atoms with Crippen molar-refractivity contribution in [2.75, 3.05) is 11.9 Å². The quantitative estimate of drug-likeness (QED) is 0.804. The lowest BCUT2D eigenvalue weighted by Gasteiger charge is -2.02. The molecule has 64 valence electrons. The largest absolute Gasteiger partial charge is 0.325 e. The lowest BCUT2D eigenvalue weighted by molar-refractivity contribution is -0.114. The molecule has 1 aromatic rings. The molecule has 0 aliphatic heterocycles. The van der Waals surface area contributed by atoms with Gasteiger partial charge in [0.2, 0.25) is 5.91 Å². The van der Waals surface area contributed by atoms with Crippen molar-refractivity contribution >= 4 is 27.5 Å². The first kappa shape index (κ1) is 9.22. The number of rotatable bonds is 2. The number of amides is 1. The minimum absolute atomic E-state index is 0.00646. The van der Waals surface area contributed by atoms with Gasteiger partial charge in [-0.3, -0.25) is 4.79 Å². The molecule has 3 N–H and O–H groups in total. The highest BCUT2D eigenvalue weighted by atomic mass is 79.9. The van der Waals surface area contributed by atoms with Crippen LogP contribution in [0.2, 0.25) is 0 Å². The fraction of sp³-hybridized carbons (Fsp3) is 0.125. The molecule has 0 fully saturated rings. The standard InChI is InChI=1S/C8H9BrN2O/c9-6-2-1-3-7(4-6)11-8(12)5-10/h1-4H,5,10H2,(H,11,12). The summed E-state index contributed by atoms with van der Waals surface area (Å²) in [5, 5.41) is 2.64. The minimum Gasteiger partial charge on any atom is -0.325 e. The summed E-state index contributed by atoms with van der Waals surface area (Å²) in [7, 11) is 0. The Morgan fingerprint density at radius 1 is 1.58 bits per heavy atom. The van der Waals surface area contributed by atoms with Crippen molar-refractivity contribution in [1.29, 1.82) is 0 Å². The maximum atomic E-state index is 10.8. The zero-order chi connectivity index (χ0) is 8.97. The average molecular weight is 229 g/mol. The van der Waals surface area contributed by atoms with Gasteiger partial charge in [0, 0.05) is 10.2 Å². The fourth-order valence-corrected chi connectivity index (χ4v) is 1.18. The van der Waals surface area contributed by atoms with Crippen molar-refractivity contribution in [2.45, 2.75) is 0 Å². The molecule has 0 radical (unpaired) electrons. The third-order valence-corrected chi connectivity index (χ3v) is 1.79. The third-order valence-electron chi connectivity index (χ3n) is 1.29. The molecule has 0 aromatic heterocycles. The fourth-order valence-electron chi connectivity index (χ4n) is 0.778. The average Bonchev–Trinajstić information content (AvgIpc) is 2.04. The smallest absolute Gasteiger partial charge is 0.238 e. The van der Waals surface area contributed by atoms with Crippen LogP contribution >= 0.6 is 15.9 Å². The van der Waals surface area contributed by atoms with Crippen LogP contribution in [0.15, 0.2) is 28.7 Å². The Morgan fingerprint density at radius 2 is 2.33 bits per heavy atom. The van der Waals surface area contributed by atoms with E-state index in [0.717, 1.165) is 10.2 Å². The minimum atomic E-state index is -0.187. The van der Waals surface area contributed by atoms with Gasteiger partial charge in [0.15, 0.2) is 0 Å².